The van der Waals surface area contributed by atoms with Gasteiger partial charge in [0.2, 0.25) is 5.91 Å². The van der Waals surface area contributed by atoms with Crippen LogP contribution in [0.3, 0.4) is 0 Å². The summed E-state index contributed by atoms with van der Waals surface area (Å²) in [5, 5.41) is 3.16. The third-order valence-electron chi connectivity index (χ3n) is 1.80. The fourth-order valence-corrected chi connectivity index (χ4v) is 1.05. The van der Waals surface area contributed by atoms with Crippen LogP contribution < -0.4 is 11.1 Å². The molecule has 5 nitrogen and oxygen atoms in total. The van der Waals surface area contributed by atoms with Crippen LogP contribution in [0.1, 0.15) is 0 Å². The van der Waals surface area contributed by atoms with Crippen molar-refractivity contribution in [1.29, 1.82) is 0 Å². The van der Waals surface area contributed by atoms with Crippen molar-refractivity contribution >= 4 is 29.0 Å². The Balaban J connectivity index is 2.65. The van der Waals surface area contributed by atoms with E-state index in [9.17, 15) is 4.79 Å². The van der Waals surface area contributed by atoms with Crippen LogP contribution in [0.15, 0.2) is 12.1 Å². The van der Waals surface area contributed by atoms with Gasteiger partial charge in [-0.25, -0.2) is 4.98 Å². The number of hydrogen-bond acceptors (Lipinski definition) is 4. The number of halogens is 1. The van der Waals surface area contributed by atoms with Gasteiger partial charge in [-0.2, -0.15) is 0 Å². The molecule has 3 N–H and O–H groups in total. The van der Waals surface area contributed by atoms with Crippen molar-refractivity contribution in [1.82, 2.24) is 9.88 Å². The maximum Gasteiger partial charge on any atom is 0.241 e. The van der Waals surface area contributed by atoms with Gasteiger partial charge >= 0.3 is 0 Å². The lowest BCUT2D eigenvalue weighted by Crippen LogP contribution is -2.29. The van der Waals surface area contributed by atoms with E-state index >= 15 is 0 Å². The molecule has 1 amide bonds. The fourth-order valence-electron chi connectivity index (χ4n) is 0.905. The van der Waals surface area contributed by atoms with E-state index in [1.807, 2.05) is 0 Å². The minimum Gasteiger partial charge on any atom is -0.396 e. The number of amides is 1. The molecule has 0 aliphatic rings. The Morgan fingerprint density at radius 3 is 2.87 bits per heavy atom. The largest absolute Gasteiger partial charge is 0.396 e. The first-order chi connectivity index (χ1) is 7.00. The van der Waals surface area contributed by atoms with E-state index in [2.05, 4.69) is 10.3 Å². The van der Waals surface area contributed by atoms with E-state index < -0.39 is 0 Å². The number of anilines is 2. The number of nitrogen functional groups attached to an aromatic ring is 1. The number of rotatable bonds is 3. The lowest BCUT2D eigenvalue weighted by Gasteiger charge is -2.12. The number of nitrogens with zero attached hydrogens (tertiary/aromatic N) is 2. The summed E-state index contributed by atoms with van der Waals surface area (Å²) in [4.78, 5) is 16.7. The molecule has 0 radical (unpaired) electrons. The molecular weight excluding hydrogens is 216 g/mol. The van der Waals surface area contributed by atoms with E-state index in [-0.39, 0.29) is 12.5 Å². The van der Waals surface area contributed by atoms with Crippen LogP contribution in [0, 0.1) is 0 Å². The minimum absolute atomic E-state index is 0.0591. The molecule has 0 bridgehead atoms. The molecule has 0 saturated heterocycles. The zero-order chi connectivity index (χ0) is 11.4. The molecule has 1 rings (SSSR count). The van der Waals surface area contributed by atoms with Gasteiger partial charge in [0, 0.05) is 14.1 Å². The first kappa shape index (κ1) is 11.6. The first-order valence-corrected chi connectivity index (χ1v) is 4.74. The molecule has 0 aliphatic carbocycles. The topological polar surface area (TPSA) is 71.2 Å². The molecule has 0 spiro atoms. The molecule has 82 valence electrons. The monoisotopic (exact) mass is 228 g/mol. The molecule has 0 saturated carbocycles. The number of carbonyl (C=O) groups is 1. The standard InChI is InChI=1S/C9H13ClN4O/c1-14(2)8(15)5-12-9-6(11)3-4-7(10)13-9/h3-4H,5,11H2,1-2H3,(H,12,13). The smallest absolute Gasteiger partial charge is 0.241 e. The number of hydrogen-bond donors (Lipinski definition) is 2. The van der Waals surface area contributed by atoms with E-state index in [4.69, 9.17) is 17.3 Å². The Kier molecular flexibility index (Phi) is 3.74. The molecule has 0 aliphatic heterocycles. The van der Waals surface area contributed by atoms with Crippen LogP contribution in [0.2, 0.25) is 5.15 Å². The maximum atomic E-state index is 11.3. The molecule has 0 aromatic carbocycles. The van der Waals surface area contributed by atoms with Crippen molar-refractivity contribution in [3.63, 3.8) is 0 Å². The average Bonchev–Trinajstić information content (AvgIpc) is 2.18. The normalized spacial score (nSPS) is 9.80. The van der Waals surface area contributed by atoms with Crippen LogP contribution in [-0.4, -0.2) is 36.4 Å². The van der Waals surface area contributed by atoms with Gasteiger partial charge in [0.25, 0.3) is 0 Å². The molecule has 0 atom stereocenters. The molecule has 1 aromatic rings. The molecule has 1 heterocycles. The summed E-state index contributed by atoms with van der Waals surface area (Å²) >= 11 is 5.69. The third kappa shape index (κ3) is 3.28. The first-order valence-electron chi connectivity index (χ1n) is 4.36. The third-order valence-corrected chi connectivity index (χ3v) is 2.01. The van der Waals surface area contributed by atoms with Crippen molar-refractivity contribution in [2.75, 3.05) is 31.7 Å². The zero-order valence-electron chi connectivity index (χ0n) is 8.62. The van der Waals surface area contributed by atoms with Crippen LogP contribution in [0.5, 0.6) is 0 Å². The summed E-state index contributed by atoms with van der Waals surface area (Å²) in [6.07, 6.45) is 0. The van der Waals surface area contributed by atoms with Gasteiger partial charge in [-0.15, -0.1) is 0 Å². The van der Waals surface area contributed by atoms with Crippen LogP contribution in [-0.2, 0) is 4.79 Å². The number of aromatic nitrogens is 1. The minimum atomic E-state index is -0.0591. The van der Waals surface area contributed by atoms with E-state index in [1.165, 1.54) is 4.90 Å². The summed E-state index contributed by atoms with van der Waals surface area (Å²) in [6.45, 7) is 0.143. The van der Waals surface area contributed by atoms with Gasteiger partial charge in [-0.1, -0.05) is 11.6 Å². The van der Waals surface area contributed by atoms with Crippen LogP contribution in [0.4, 0.5) is 11.5 Å². The highest BCUT2D eigenvalue weighted by molar-refractivity contribution is 6.29. The fraction of sp³-hybridized carbons (Fsp3) is 0.333. The van der Waals surface area contributed by atoms with Gasteiger partial charge in [0.05, 0.1) is 12.2 Å². The molecule has 0 fully saturated rings. The highest BCUT2D eigenvalue weighted by Crippen LogP contribution is 2.17. The highest BCUT2D eigenvalue weighted by Gasteiger charge is 2.06. The van der Waals surface area contributed by atoms with Gasteiger partial charge in [-0.3, -0.25) is 4.79 Å². The second kappa shape index (κ2) is 4.84. The van der Waals surface area contributed by atoms with E-state index in [1.54, 1.807) is 26.2 Å². The summed E-state index contributed by atoms with van der Waals surface area (Å²) in [5.41, 5.74) is 6.11. The predicted molar refractivity (Wildman–Crippen MR) is 60.8 cm³/mol. The highest BCUT2D eigenvalue weighted by atomic mass is 35.5. The zero-order valence-corrected chi connectivity index (χ0v) is 9.38. The van der Waals surface area contributed by atoms with Crippen molar-refractivity contribution in [2.24, 2.45) is 0 Å². The molecule has 1 aromatic heterocycles. The van der Waals surface area contributed by atoms with E-state index in [0.717, 1.165) is 0 Å². The predicted octanol–water partition coefficient (Wildman–Crippen LogP) is 0.817. The Hall–Kier alpha value is -1.49. The van der Waals surface area contributed by atoms with E-state index in [0.29, 0.717) is 16.7 Å². The Morgan fingerprint density at radius 2 is 2.27 bits per heavy atom. The molecule has 0 unspecified atom stereocenters. The van der Waals surface area contributed by atoms with Crippen LogP contribution >= 0.6 is 11.6 Å². The van der Waals surface area contributed by atoms with Gasteiger partial charge in [-0.05, 0) is 12.1 Å². The van der Waals surface area contributed by atoms with Gasteiger partial charge in [0.1, 0.15) is 5.15 Å². The second-order valence-corrected chi connectivity index (χ2v) is 3.60. The van der Waals surface area contributed by atoms with Gasteiger partial charge in [0.15, 0.2) is 5.82 Å². The Labute approximate surface area is 93.2 Å². The second-order valence-electron chi connectivity index (χ2n) is 3.21. The summed E-state index contributed by atoms with van der Waals surface area (Å²) in [5.74, 6) is 0.369. The summed E-state index contributed by atoms with van der Waals surface area (Å²) in [6, 6.07) is 3.23. The maximum absolute atomic E-state index is 11.3. The molecule has 15 heavy (non-hydrogen) atoms. The Morgan fingerprint density at radius 1 is 1.60 bits per heavy atom. The SMILES string of the molecule is CN(C)C(=O)CNc1nc(Cl)ccc1N. The molecule has 6 heteroatoms. The van der Waals surface area contributed by atoms with Crippen molar-refractivity contribution in [2.45, 2.75) is 0 Å². The van der Waals surface area contributed by atoms with Crippen molar-refractivity contribution < 1.29 is 4.79 Å². The Bertz CT molecular complexity index is 367. The lowest BCUT2D eigenvalue weighted by atomic mass is 10.4. The number of nitrogens with one attached hydrogen (secondary N) is 1. The number of carbonyl (C=O) groups excluding carboxylic acids is 1. The average molecular weight is 229 g/mol. The summed E-state index contributed by atoms with van der Waals surface area (Å²) < 4.78 is 0. The molecular formula is C9H13ClN4O. The quantitative estimate of drug-likeness (QED) is 0.752. The van der Waals surface area contributed by atoms with Crippen LogP contribution in [0.25, 0.3) is 0 Å². The number of likely N-dealkylation sites (N-methyl/N-ethyl adjacent to an activating group) is 1. The number of nitrogens with two attached hydrogens (primary N) is 1. The lowest BCUT2D eigenvalue weighted by molar-refractivity contribution is -0.126. The van der Waals surface area contributed by atoms with Crippen molar-refractivity contribution in [3.05, 3.63) is 17.3 Å². The number of pyridine rings is 1. The van der Waals surface area contributed by atoms with Gasteiger partial charge < -0.3 is 16.0 Å². The van der Waals surface area contributed by atoms with Crippen molar-refractivity contribution in [3.8, 4) is 0 Å². The summed E-state index contributed by atoms with van der Waals surface area (Å²) in [7, 11) is 3.36.